The zero-order valence-corrected chi connectivity index (χ0v) is 19.2. The molecule has 0 aliphatic carbocycles. The van der Waals surface area contributed by atoms with Gasteiger partial charge in [0.1, 0.15) is 36.2 Å². The van der Waals surface area contributed by atoms with Crippen LogP contribution in [0.1, 0.15) is 47.2 Å². The number of fused-ring (bicyclic) bond motifs is 2. The van der Waals surface area contributed by atoms with E-state index < -0.39 is 32.5 Å². The smallest absolute Gasteiger partial charge is 0.349 e. The summed E-state index contributed by atoms with van der Waals surface area (Å²) in [5, 5.41) is 25.3. The molecular weight excluding hydrogens is 402 g/mol. The van der Waals surface area contributed by atoms with E-state index in [4.69, 9.17) is 19.3 Å². The maximum absolute atomic E-state index is 11.4. The number of anilines is 1. The van der Waals surface area contributed by atoms with Gasteiger partial charge in [-0.05, 0) is 12.1 Å². The Morgan fingerprint density at radius 3 is 2.53 bits per heavy atom. The summed E-state index contributed by atoms with van der Waals surface area (Å²) in [5.74, 6) is 0.278. The van der Waals surface area contributed by atoms with Gasteiger partial charge in [0.15, 0.2) is 5.82 Å². The molecule has 4 atom stereocenters. The average molecular weight is 432 g/mol. The number of hydrogen-bond donors (Lipinski definition) is 2. The fourth-order valence-corrected chi connectivity index (χ4v) is 9.97. The van der Waals surface area contributed by atoms with Crippen LogP contribution in [-0.4, -0.2) is 53.2 Å². The van der Waals surface area contributed by atoms with Gasteiger partial charge in [-0.2, -0.15) is 10.4 Å². The second-order valence-electron chi connectivity index (χ2n) is 10.1. The lowest BCUT2D eigenvalue weighted by atomic mass is 9.92. The van der Waals surface area contributed by atoms with Gasteiger partial charge in [0.05, 0.1) is 12.3 Å². The molecular formula is C20H29N5O4Si. The number of aliphatic hydroxyl groups is 1. The first-order valence-corrected chi connectivity index (χ1v) is 11.9. The van der Waals surface area contributed by atoms with Crippen molar-refractivity contribution >= 4 is 19.9 Å². The highest BCUT2D eigenvalue weighted by atomic mass is 28.4. The summed E-state index contributed by atoms with van der Waals surface area (Å²) in [6, 6.07) is 5.58. The Morgan fingerprint density at radius 2 is 1.93 bits per heavy atom. The minimum atomic E-state index is -2.84. The van der Waals surface area contributed by atoms with Crippen LogP contribution in [0, 0.1) is 11.3 Å². The highest BCUT2D eigenvalue weighted by Crippen LogP contribution is 2.56. The zero-order chi connectivity index (χ0) is 22.1. The van der Waals surface area contributed by atoms with Gasteiger partial charge < -0.3 is 24.4 Å². The normalized spacial score (nSPS) is 31.5. The van der Waals surface area contributed by atoms with E-state index in [2.05, 4.69) is 57.7 Å². The van der Waals surface area contributed by atoms with Gasteiger partial charge in [0, 0.05) is 10.1 Å². The van der Waals surface area contributed by atoms with Crippen LogP contribution in [0.2, 0.25) is 10.1 Å². The maximum atomic E-state index is 11.4. The van der Waals surface area contributed by atoms with E-state index >= 15 is 0 Å². The van der Waals surface area contributed by atoms with E-state index in [0.717, 1.165) is 0 Å². The minimum Gasteiger partial charge on any atom is -0.391 e. The minimum absolute atomic E-state index is 0.253. The van der Waals surface area contributed by atoms with Crippen LogP contribution in [0.3, 0.4) is 0 Å². The number of nitrogen functional groups attached to an aromatic ring is 1. The summed E-state index contributed by atoms with van der Waals surface area (Å²) in [5.41, 5.74) is 5.21. The number of nitrogens with two attached hydrogens (primary N) is 1. The van der Waals surface area contributed by atoms with Crippen molar-refractivity contribution in [3.8, 4) is 6.07 Å². The first-order chi connectivity index (χ1) is 13.9. The summed E-state index contributed by atoms with van der Waals surface area (Å²) < 4.78 is 20.7. The molecule has 0 aromatic carbocycles. The second-order valence-corrected chi connectivity index (χ2v) is 14.9. The van der Waals surface area contributed by atoms with Crippen LogP contribution in [0.15, 0.2) is 18.5 Å². The van der Waals surface area contributed by atoms with Crippen molar-refractivity contribution in [2.24, 2.45) is 0 Å². The van der Waals surface area contributed by atoms with Gasteiger partial charge in [-0.1, -0.05) is 41.5 Å². The Hall–Kier alpha value is -2.03. The van der Waals surface area contributed by atoms with Crippen molar-refractivity contribution < 1.29 is 18.7 Å². The number of aromatic nitrogens is 3. The first-order valence-electron chi connectivity index (χ1n) is 10.1. The molecule has 2 aliphatic heterocycles. The van der Waals surface area contributed by atoms with Crippen LogP contribution in [-0.2, 0) is 19.2 Å². The topological polar surface area (TPSA) is 128 Å². The molecule has 4 heterocycles. The highest BCUT2D eigenvalue weighted by Gasteiger charge is 2.68. The first kappa shape index (κ1) is 21.2. The number of hydrogen-bond acceptors (Lipinski definition) is 8. The van der Waals surface area contributed by atoms with Crippen molar-refractivity contribution in [3.63, 3.8) is 0 Å². The molecule has 2 aromatic heterocycles. The lowest BCUT2D eigenvalue weighted by Gasteiger charge is -2.53. The summed E-state index contributed by atoms with van der Waals surface area (Å²) in [6.45, 7) is 12.9. The summed E-state index contributed by atoms with van der Waals surface area (Å²) in [7, 11) is -2.84. The third-order valence-electron chi connectivity index (χ3n) is 6.19. The molecule has 0 spiro atoms. The Bertz CT molecular complexity index is 1010. The quantitative estimate of drug-likeness (QED) is 0.658. The molecule has 0 bridgehead atoms. The lowest BCUT2D eigenvalue weighted by molar-refractivity contribution is -0.0849. The van der Waals surface area contributed by atoms with E-state index in [0.29, 0.717) is 11.2 Å². The fourth-order valence-electron chi connectivity index (χ4n) is 5.01. The van der Waals surface area contributed by atoms with Gasteiger partial charge in [0.2, 0.25) is 5.60 Å². The Labute approximate surface area is 177 Å². The standard InChI is InChI=1S/C20H29N5O4Si/c1-18(2,3)30(19(4,5)6)27-9-13-15(29-30)16(26)20(10-21,28-13)14-8-7-12-17(22)23-11-24-25(12)14/h7-8,11,13,15-16,26H,9H2,1-6H3,(H2,22,23,24)/t13-,15-,16-,20+/m1/s1. The highest BCUT2D eigenvalue weighted by molar-refractivity contribution is 6.73. The van der Waals surface area contributed by atoms with Crippen LogP contribution >= 0.6 is 0 Å². The van der Waals surface area contributed by atoms with E-state index in [1.807, 2.05) is 0 Å². The largest absolute Gasteiger partial charge is 0.391 e. The number of nitriles is 1. The Morgan fingerprint density at radius 1 is 1.27 bits per heavy atom. The third-order valence-corrected chi connectivity index (χ3v) is 11.3. The molecule has 2 saturated heterocycles. The zero-order valence-electron chi connectivity index (χ0n) is 18.2. The molecule has 0 radical (unpaired) electrons. The van der Waals surface area contributed by atoms with Gasteiger partial charge in [-0.15, -0.1) is 0 Å². The van der Waals surface area contributed by atoms with Crippen molar-refractivity contribution in [2.75, 3.05) is 12.3 Å². The van der Waals surface area contributed by atoms with Gasteiger partial charge >= 0.3 is 8.56 Å². The number of rotatable bonds is 1. The Kier molecular flexibility index (Phi) is 4.58. The predicted octanol–water partition coefficient (Wildman–Crippen LogP) is 2.25. The number of ether oxygens (including phenoxy) is 1. The maximum Gasteiger partial charge on any atom is 0.349 e. The number of nitrogens with zero attached hydrogens (tertiary/aromatic N) is 4. The SMILES string of the molecule is CC(C)(C)[Si]1(C(C)(C)C)OC[C@H]2O[C@@](C#N)(c3ccc4c(N)ncnn34)[C@H](O)[C@@H]2O1. The van der Waals surface area contributed by atoms with E-state index in [9.17, 15) is 10.4 Å². The summed E-state index contributed by atoms with van der Waals surface area (Å²) in [4.78, 5) is 3.98. The van der Waals surface area contributed by atoms with Gasteiger partial charge in [-0.3, -0.25) is 0 Å². The van der Waals surface area contributed by atoms with Crippen LogP contribution in [0.4, 0.5) is 5.82 Å². The predicted molar refractivity (Wildman–Crippen MR) is 112 cm³/mol. The lowest BCUT2D eigenvalue weighted by Crippen LogP contribution is -2.65. The molecule has 0 saturated carbocycles. The monoisotopic (exact) mass is 431 g/mol. The van der Waals surface area contributed by atoms with Crippen LogP contribution in [0.25, 0.3) is 5.52 Å². The summed E-state index contributed by atoms with van der Waals surface area (Å²) >= 11 is 0. The molecule has 2 fully saturated rings. The second kappa shape index (κ2) is 6.48. The summed E-state index contributed by atoms with van der Waals surface area (Å²) in [6.07, 6.45) is -1.17. The van der Waals surface area contributed by atoms with Gasteiger partial charge in [0.25, 0.3) is 0 Å². The third kappa shape index (κ3) is 2.66. The fraction of sp³-hybridized carbons (Fsp3) is 0.650. The molecule has 0 amide bonds. The molecule has 30 heavy (non-hydrogen) atoms. The molecule has 4 rings (SSSR count). The van der Waals surface area contributed by atoms with E-state index in [1.54, 1.807) is 12.1 Å². The van der Waals surface area contributed by atoms with Crippen molar-refractivity contribution in [2.45, 2.75) is 75.5 Å². The molecule has 9 nitrogen and oxygen atoms in total. The van der Waals surface area contributed by atoms with Crippen molar-refractivity contribution in [1.29, 1.82) is 5.26 Å². The average Bonchev–Trinajstić information content (AvgIpc) is 3.20. The Balaban J connectivity index is 1.80. The molecule has 3 N–H and O–H groups in total. The van der Waals surface area contributed by atoms with E-state index in [-0.39, 0.29) is 22.5 Å². The molecule has 2 aliphatic rings. The van der Waals surface area contributed by atoms with Crippen molar-refractivity contribution in [3.05, 3.63) is 24.2 Å². The van der Waals surface area contributed by atoms with E-state index in [1.165, 1.54) is 10.8 Å². The van der Waals surface area contributed by atoms with Gasteiger partial charge in [-0.25, -0.2) is 9.50 Å². The molecule has 162 valence electrons. The molecule has 2 aromatic rings. The van der Waals surface area contributed by atoms with Crippen molar-refractivity contribution in [1.82, 2.24) is 14.6 Å². The molecule has 0 unspecified atom stereocenters. The number of aliphatic hydroxyl groups excluding tert-OH is 1. The molecule has 10 heteroatoms. The van der Waals surface area contributed by atoms with Crippen LogP contribution < -0.4 is 5.73 Å². The van der Waals surface area contributed by atoms with Crippen LogP contribution in [0.5, 0.6) is 0 Å².